The topological polar surface area (TPSA) is 116 Å². The molecular formula is C30H35N5O4. The summed E-state index contributed by atoms with van der Waals surface area (Å²) in [6, 6.07) is 12.7. The van der Waals surface area contributed by atoms with Gasteiger partial charge in [0.1, 0.15) is 11.1 Å². The van der Waals surface area contributed by atoms with Gasteiger partial charge in [0.05, 0.1) is 12.3 Å². The van der Waals surface area contributed by atoms with Gasteiger partial charge in [0.2, 0.25) is 11.8 Å². The highest BCUT2D eigenvalue weighted by atomic mass is 16.5. The summed E-state index contributed by atoms with van der Waals surface area (Å²) in [5, 5.41) is 4.75. The Bertz CT molecular complexity index is 1480. The van der Waals surface area contributed by atoms with E-state index >= 15 is 0 Å². The van der Waals surface area contributed by atoms with Gasteiger partial charge < -0.3 is 14.9 Å². The molecular weight excluding hydrogens is 494 g/mol. The highest BCUT2D eigenvalue weighted by molar-refractivity contribution is 6.02. The number of oxazole rings is 1. The van der Waals surface area contributed by atoms with E-state index in [-0.39, 0.29) is 30.0 Å². The fourth-order valence-corrected chi connectivity index (χ4v) is 5.16. The van der Waals surface area contributed by atoms with E-state index in [9.17, 15) is 9.59 Å². The lowest BCUT2D eigenvalue weighted by molar-refractivity contribution is -0.124. The summed E-state index contributed by atoms with van der Waals surface area (Å²) in [5.41, 5.74) is 9.61. The minimum atomic E-state index is -0.503. The van der Waals surface area contributed by atoms with E-state index in [1.165, 1.54) is 0 Å². The van der Waals surface area contributed by atoms with Gasteiger partial charge in [0.25, 0.3) is 0 Å². The van der Waals surface area contributed by atoms with E-state index in [0.717, 1.165) is 36.9 Å². The lowest BCUT2D eigenvalue weighted by atomic mass is 9.82. The molecule has 0 atom stereocenters. The first-order valence-corrected chi connectivity index (χ1v) is 13.6. The molecule has 1 amide bonds. The van der Waals surface area contributed by atoms with Crippen LogP contribution < -0.4 is 10.6 Å². The number of ether oxygens (including phenoxy) is 1. The Morgan fingerprint density at radius 1 is 1.13 bits per heavy atom. The van der Waals surface area contributed by atoms with Gasteiger partial charge in [-0.3, -0.25) is 9.69 Å². The van der Waals surface area contributed by atoms with Crippen molar-refractivity contribution in [3.63, 3.8) is 0 Å². The molecule has 4 aromatic rings. The molecule has 1 aliphatic carbocycles. The van der Waals surface area contributed by atoms with Crippen LogP contribution in [0.1, 0.15) is 63.7 Å². The molecule has 9 nitrogen and oxygen atoms in total. The number of carbonyl (C=O) groups is 2. The van der Waals surface area contributed by atoms with Crippen molar-refractivity contribution in [3.8, 4) is 17.1 Å². The number of amides is 1. The summed E-state index contributed by atoms with van der Waals surface area (Å²) < 4.78 is 12.8. The standard InChI is InChI=1S/C30H35N5O4/c1-5-38-30(37)24-17-34(33-27(24)35(18(2)3)29(36)21-8-6-19(4)7-9-21)23-13-10-20(11-14-23)28-32-25-16-22(31)12-15-26(25)39-28/h10-19,21H,5-9,31H2,1-4H3. The maximum absolute atomic E-state index is 13.7. The predicted molar refractivity (Wildman–Crippen MR) is 151 cm³/mol. The fourth-order valence-electron chi connectivity index (χ4n) is 5.16. The quantitative estimate of drug-likeness (QED) is 0.230. The van der Waals surface area contributed by atoms with Crippen LogP contribution in [0.3, 0.4) is 0 Å². The van der Waals surface area contributed by atoms with E-state index in [1.54, 1.807) is 40.9 Å². The Morgan fingerprint density at radius 3 is 2.51 bits per heavy atom. The van der Waals surface area contributed by atoms with Crippen molar-refractivity contribution in [1.29, 1.82) is 0 Å². The molecule has 1 fully saturated rings. The fraction of sp³-hybridized carbons (Fsp3) is 0.400. The number of aromatic nitrogens is 3. The predicted octanol–water partition coefficient (Wildman–Crippen LogP) is 6.01. The molecule has 1 aliphatic rings. The number of hydrogen-bond acceptors (Lipinski definition) is 7. The van der Waals surface area contributed by atoms with Gasteiger partial charge in [-0.2, -0.15) is 0 Å². The number of benzene rings is 2. The third-order valence-corrected chi connectivity index (χ3v) is 7.33. The van der Waals surface area contributed by atoms with Crippen molar-refractivity contribution in [2.45, 2.75) is 59.4 Å². The third kappa shape index (κ3) is 5.39. The number of fused-ring (bicyclic) bond motifs is 1. The smallest absolute Gasteiger partial charge is 0.343 e. The number of carbonyl (C=O) groups excluding carboxylic acids is 2. The monoisotopic (exact) mass is 529 g/mol. The van der Waals surface area contributed by atoms with Crippen LogP contribution in [0.25, 0.3) is 28.2 Å². The first kappa shape index (κ1) is 26.5. The van der Waals surface area contributed by atoms with Crippen LogP contribution in [0.5, 0.6) is 0 Å². The molecule has 0 radical (unpaired) electrons. The molecule has 39 heavy (non-hydrogen) atoms. The largest absolute Gasteiger partial charge is 0.462 e. The van der Waals surface area contributed by atoms with Crippen molar-refractivity contribution in [2.75, 3.05) is 17.2 Å². The van der Waals surface area contributed by atoms with Crippen LogP contribution >= 0.6 is 0 Å². The average molecular weight is 530 g/mol. The van der Waals surface area contributed by atoms with Gasteiger partial charge in [0.15, 0.2) is 11.4 Å². The molecule has 1 saturated carbocycles. The van der Waals surface area contributed by atoms with Gasteiger partial charge >= 0.3 is 5.97 Å². The van der Waals surface area contributed by atoms with Gasteiger partial charge in [-0.15, -0.1) is 5.10 Å². The molecule has 204 valence electrons. The van der Waals surface area contributed by atoms with E-state index in [1.807, 2.05) is 38.1 Å². The summed E-state index contributed by atoms with van der Waals surface area (Å²) in [4.78, 5) is 32.9. The summed E-state index contributed by atoms with van der Waals surface area (Å²) in [5.74, 6) is 0.875. The van der Waals surface area contributed by atoms with Gasteiger partial charge in [0, 0.05) is 29.4 Å². The molecule has 9 heteroatoms. The molecule has 2 heterocycles. The number of nitrogens with two attached hydrogens (primary N) is 1. The van der Waals surface area contributed by atoms with E-state index in [4.69, 9.17) is 20.0 Å². The molecule has 2 aromatic carbocycles. The molecule has 2 aromatic heterocycles. The van der Waals surface area contributed by atoms with E-state index < -0.39 is 5.97 Å². The highest BCUT2D eigenvalue weighted by Crippen LogP contribution is 2.33. The summed E-state index contributed by atoms with van der Waals surface area (Å²) in [7, 11) is 0. The summed E-state index contributed by atoms with van der Waals surface area (Å²) in [6.45, 7) is 8.10. The molecule has 0 bridgehead atoms. The van der Waals surface area contributed by atoms with Crippen LogP contribution in [-0.2, 0) is 9.53 Å². The minimum absolute atomic E-state index is 0.0136. The SMILES string of the molecule is CCOC(=O)c1cn(-c2ccc(-c3nc4cc(N)ccc4o3)cc2)nc1N(C(=O)C1CCC(C)CC1)C(C)C. The Morgan fingerprint density at radius 2 is 1.85 bits per heavy atom. The third-order valence-electron chi connectivity index (χ3n) is 7.33. The molecule has 0 spiro atoms. The van der Waals surface area contributed by atoms with Crippen LogP contribution in [0.4, 0.5) is 11.5 Å². The maximum atomic E-state index is 13.7. The number of nitrogen functional groups attached to an aromatic ring is 1. The number of nitrogens with zero attached hydrogens (tertiary/aromatic N) is 4. The van der Waals surface area contributed by atoms with Crippen LogP contribution in [0.2, 0.25) is 0 Å². The maximum Gasteiger partial charge on any atom is 0.343 e. The van der Waals surface area contributed by atoms with Crippen molar-refractivity contribution in [1.82, 2.24) is 14.8 Å². The van der Waals surface area contributed by atoms with E-state index in [2.05, 4.69) is 11.9 Å². The lowest BCUT2D eigenvalue weighted by Crippen LogP contribution is -2.43. The number of rotatable bonds is 7. The van der Waals surface area contributed by atoms with Crippen LogP contribution in [0, 0.1) is 11.8 Å². The zero-order valence-electron chi connectivity index (χ0n) is 22.9. The van der Waals surface area contributed by atoms with Crippen molar-refractivity contribution < 1.29 is 18.7 Å². The Hall–Kier alpha value is -4.14. The zero-order valence-corrected chi connectivity index (χ0v) is 22.9. The summed E-state index contributed by atoms with van der Waals surface area (Å²) in [6.07, 6.45) is 5.39. The lowest BCUT2D eigenvalue weighted by Gasteiger charge is -2.32. The molecule has 0 unspecified atom stereocenters. The summed E-state index contributed by atoms with van der Waals surface area (Å²) >= 11 is 0. The zero-order chi connectivity index (χ0) is 27.7. The number of anilines is 2. The molecule has 0 saturated heterocycles. The van der Waals surface area contributed by atoms with Crippen molar-refractivity contribution in [3.05, 3.63) is 54.2 Å². The van der Waals surface area contributed by atoms with Crippen LogP contribution in [0.15, 0.2) is 53.1 Å². The van der Waals surface area contributed by atoms with Crippen molar-refractivity contribution >= 4 is 34.5 Å². The normalized spacial score (nSPS) is 17.5. The minimum Gasteiger partial charge on any atom is -0.462 e. The Labute approximate surface area is 227 Å². The highest BCUT2D eigenvalue weighted by Gasteiger charge is 2.34. The molecule has 2 N–H and O–H groups in total. The second kappa shape index (κ2) is 10.9. The van der Waals surface area contributed by atoms with Crippen LogP contribution in [-0.4, -0.2) is 39.3 Å². The Balaban J connectivity index is 1.48. The second-order valence-electron chi connectivity index (χ2n) is 10.6. The average Bonchev–Trinajstić information content (AvgIpc) is 3.54. The van der Waals surface area contributed by atoms with Gasteiger partial charge in [-0.25, -0.2) is 14.5 Å². The number of hydrogen-bond donors (Lipinski definition) is 1. The number of esters is 1. The van der Waals surface area contributed by atoms with Gasteiger partial charge in [-0.05, 0) is 94.8 Å². The van der Waals surface area contributed by atoms with E-state index in [0.29, 0.717) is 34.4 Å². The van der Waals surface area contributed by atoms with Gasteiger partial charge in [-0.1, -0.05) is 6.92 Å². The van der Waals surface area contributed by atoms with Crippen molar-refractivity contribution in [2.24, 2.45) is 11.8 Å². The second-order valence-corrected chi connectivity index (χ2v) is 10.6. The molecule has 0 aliphatic heterocycles. The Kier molecular flexibility index (Phi) is 7.41. The molecule has 5 rings (SSSR count). The first-order chi connectivity index (χ1) is 18.7. The first-order valence-electron chi connectivity index (χ1n) is 13.6.